The van der Waals surface area contributed by atoms with Gasteiger partial charge in [0.25, 0.3) is 0 Å². The third-order valence-corrected chi connectivity index (χ3v) is 3.31. The molecule has 2 aromatic rings. The van der Waals surface area contributed by atoms with Crippen LogP contribution in [0.25, 0.3) is 0 Å². The summed E-state index contributed by atoms with van der Waals surface area (Å²) in [7, 11) is 0. The Morgan fingerprint density at radius 1 is 1.33 bits per heavy atom. The molecule has 5 heteroatoms. The molecule has 0 fully saturated rings. The van der Waals surface area contributed by atoms with Gasteiger partial charge in [-0.05, 0) is 35.9 Å². The van der Waals surface area contributed by atoms with E-state index in [1.807, 2.05) is 6.07 Å². The number of nitrogens with zero attached hydrogens (tertiary/aromatic N) is 1. The number of aromatic carboxylic acids is 1. The van der Waals surface area contributed by atoms with Crippen LogP contribution in [0.15, 0.2) is 47.5 Å². The fourth-order valence-electron chi connectivity index (χ4n) is 1.40. The maximum atomic E-state index is 13.0. The van der Waals surface area contributed by atoms with E-state index in [1.165, 1.54) is 36.2 Å². The lowest BCUT2D eigenvalue weighted by Gasteiger charge is -2.03. The Morgan fingerprint density at radius 2 is 2.17 bits per heavy atom. The predicted octanol–water partition coefficient (Wildman–Crippen LogP) is 3.21. The summed E-state index contributed by atoms with van der Waals surface area (Å²) in [5, 5.41) is 8.81. The quantitative estimate of drug-likeness (QED) is 0.860. The van der Waals surface area contributed by atoms with E-state index in [4.69, 9.17) is 5.11 Å². The van der Waals surface area contributed by atoms with Gasteiger partial charge in [0.15, 0.2) is 0 Å². The van der Waals surface area contributed by atoms with Crippen molar-refractivity contribution >= 4 is 17.7 Å². The number of thioether (sulfide) groups is 1. The highest BCUT2D eigenvalue weighted by molar-refractivity contribution is 7.98. The highest BCUT2D eigenvalue weighted by Gasteiger charge is 2.05. The summed E-state index contributed by atoms with van der Waals surface area (Å²) >= 11 is 1.45. The number of hydrogen-bond acceptors (Lipinski definition) is 3. The van der Waals surface area contributed by atoms with Crippen LogP contribution in [0, 0.1) is 5.82 Å². The molecule has 0 spiro atoms. The lowest BCUT2D eigenvalue weighted by atomic mass is 10.2. The minimum Gasteiger partial charge on any atom is -0.477 e. The summed E-state index contributed by atoms with van der Waals surface area (Å²) in [6, 6.07) is 9.57. The highest BCUT2D eigenvalue weighted by Crippen LogP contribution is 2.23. The van der Waals surface area contributed by atoms with Crippen molar-refractivity contribution in [1.82, 2.24) is 4.98 Å². The van der Waals surface area contributed by atoms with Gasteiger partial charge >= 0.3 is 5.97 Å². The van der Waals surface area contributed by atoms with E-state index in [0.29, 0.717) is 5.75 Å². The Labute approximate surface area is 108 Å². The first kappa shape index (κ1) is 12.6. The molecule has 2 rings (SSSR count). The second-order valence-electron chi connectivity index (χ2n) is 3.60. The molecule has 1 aromatic carbocycles. The Kier molecular flexibility index (Phi) is 3.94. The molecule has 18 heavy (non-hydrogen) atoms. The average molecular weight is 263 g/mol. The van der Waals surface area contributed by atoms with Crippen molar-refractivity contribution in [3.05, 3.63) is 59.7 Å². The zero-order valence-corrected chi connectivity index (χ0v) is 10.2. The number of carbonyl (C=O) groups is 1. The minimum atomic E-state index is -1.05. The summed E-state index contributed by atoms with van der Waals surface area (Å²) in [5.74, 6) is -0.750. The van der Waals surface area contributed by atoms with Crippen LogP contribution < -0.4 is 0 Å². The fourth-order valence-corrected chi connectivity index (χ4v) is 2.29. The average Bonchev–Trinajstić information content (AvgIpc) is 2.37. The summed E-state index contributed by atoms with van der Waals surface area (Å²) in [6.45, 7) is 0. The van der Waals surface area contributed by atoms with Crippen molar-refractivity contribution in [3.8, 4) is 0 Å². The molecule has 0 atom stereocenters. The van der Waals surface area contributed by atoms with Gasteiger partial charge in [0, 0.05) is 16.8 Å². The molecule has 1 aromatic heterocycles. The van der Waals surface area contributed by atoms with Crippen LogP contribution in [-0.2, 0) is 5.75 Å². The molecule has 0 saturated heterocycles. The molecule has 0 radical (unpaired) electrons. The van der Waals surface area contributed by atoms with Gasteiger partial charge in [0.1, 0.15) is 11.5 Å². The minimum absolute atomic E-state index is 0.0207. The highest BCUT2D eigenvalue weighted by atomic mass is 32.2. The fraction of sp³-hybridized carbons (Fsp3) is 0.0769. The van der Waals surface area contributed by atoms with Crippen LogP contribution in [0.5, 0.6) is 0 Å². The maximum Gasteiger partial charge on any atom is 0.354 e. The molecule has 0 aliphatic rings. The first-order valence-electron chi connectivity index (χ1n) is 5.22. The SMILES string of the molecule is O=C(O)c1cc(CSc2cccc(F)c2)ccn1. The van der Waals surface area contributed by atoms with Crippen LogP contribution in [0.1, 0.15) is 16.1 Å². The van der Waals surface area contributed by atoms with Crippen LogP contribution in [0.3, 0.4) is 0 Å². The molecule has 0 aliphatic heterocycles. The lowest BCUT2D eigenvalue weighted by Crippen LogP contribution is -2.00. The molecule has 92 valence electrons. The number of carboxylic acid groups (broad SMARTS) is 1. The second kappa shape index (κ2) is 5.64. The Bertz CT molecular complexity index is 574. The van der Waals surface area contributed by atoms with E-state index in [9.17, 15) is 9.18 Å². The van der Waals surface area contributed by atoms with Gasteiger partial charge in [0.2, 0.25) is 0 Å². The summed E-state index contributed by atoms with van der Waals surface area (Å²) in [5.41, 5.74) is 0.865. The van der Waals surface area contributed by atoms with Gasteiger partial charge in [0.05, 0.1) is 0 Å². The molecule has 0 aliphatic carbocycles. The van der Waals surface area contributed by atoms with Gasteiger partial charge in [-0.2, -0.15) is 0 Å². The van der Waals surface area contributed by atoms with Crippen molar-refractivity contribution in [2.24, 2.45) is 0 Å². The van der Waals surface area contributed by atoms with Crippen molar-refractivity contribution in [3.63, 3.8) is 0 Å². The maximum absolute atomic E-state index is 13.0. The number of hydrogen-bond donors (Lipinski definition) is 1. The Hall–Kier alpha value is -1.88. The third kappa shape index (κ3) is 3.30. The van der Waals surface area contributed by atoms with E-state index in [-0.39, 0.29) is 11.5 Å². The largest absolute Gasteiger partial charge is 0.477 e. The van der Waals surface area contributed by atoms with E-state index in [0.717, 1.165) is 10.5 Å². The van der Waals surface area contributed by atoms with Crippen LogP contribution in [-0.4, -0.2) is 16.1 Å². The number of benzene rings is 1. The smallest absolute Gasteiger partial charge is 0.354 e. The van der Waals surface area contributed by atoms with Gasteiger partial charge in [-0.1, -0.05) is 6.07 Å². The van der Waals surface area contributed by atoms with Gasteiger partial charge in [-0.15, -0.1) is 11.8 Å². The van der Waals surface area contributed by atoms with Gasteiger partial charge in [-0.3, -0.25) is 0 Å². The van der Waals surface area contributed by atoms with Crippen LogP contribution in [0.2, 0.25) is 0 Å². The number of carboxylic acids is 1. The number of pyridine rings is 1. The third-order valence-electron chi connectivity index (χ3n) is 2.25. The Balaban J connectivity index is 2.06. The van der Waals surface area contributed by atoms with Crippen molar-refractivity contribution in [2.75, 3.05) is 0 Å². The predicted molar refractivity (Wildman–Crippen MR) is 67.2 cm³/mol. The first-order valence-corrected chi connectivity index (χ1v) is 6.20. The summed E-state index contributed by atoms with van der Waals surface area (Å²) < 4.78 is 13.0. The normalized spacial score (nSPS) is 10.3. The molecule has 0 unspecified atom stereocenters. The number of aromatic nitrogens is 1. The van der Waals surface area contributed by atoms with Crippen LogP contribution in [0.4, 0.5) is 4.39 Å². The summed E-state index contributed by atoms with van der Waals surface area (Å²) in [6.07, 6.45) is 1.46. The first-order chi connectivity index (χ1) is 8.65. The van der Waals surface area contributed by atoms with Crippen molar-refractivity contribution in [2.45, 2.75) is 10.6 Å². The molecule has 1 N–H and O–H groups in total. The van der Waals surface area contributed by atoms with E-state index >= 15 is 0 Å². The van der Waals surface area contributed by atoms with Gasteiger partial charge < -0.3 is 5.11 Å². The van der Waals surface area contributed by atoms with Crippen molar-refractivity contribution in [1.29, 1.82) is 0 Å². The number of rotatable bonds is 4. The standard InChI is InChI=1S/C13H10FNO2S/c14-10-2-1-3-11(7-10)18-8-9-4-5-15-12(6-9)13(16)17/h1-7H,8H2,(H,16,17). The van der Waals surface area contributed by atoms with E-state index in [1.54, 1.807) is 12.1 Å². The van der Waals surface area contributed by atoms with Crippen molar-refractivity contribution < 1.29 is 14.3 Å². The van der Waals surface area contributed by atoms with Gasteiger partial charge in [-0.25, -0.2) is 14.2 Å². The molecule has 3 nitrogen and oxygen atoms in total. The lowest BCUT2D eigenvalue weighted by molar-refractivity contribution is 0.0690. The summed E-state index contributed by atoms with van der Waals surface area (Å²) in [4.78, 5) is 15.3. The Morgan fingerprint density at radius 3 is 2.89 bits per heavy atom. The van der Waals surface area contributed by atoms with E-state index in [2.05, 4.69) is 4.98 Å². The topological polar surface area (TPSA) is 50.2 Å². The molecular weight excluding hydrogens is 253 g/mol. The van der Waals surface area contributed by atoms with E-state index < -0.39 is 5.97 Å². The molecular formula is C13H10FNO2S. The molecule has 1 heterocycles. The molecule has 0 saturated carbocycles. The van der Waals surface area contributed by atoms with Crippen LogP contribution >= 0.6 is 11.8 Å². The molecule has 0 amide bonds. The molecule has 0 bridgehead atoms. The number of halogens is 1. The second-order valence-corrected chi connectivity index (χ2v) is 4.65. The monoisotopic (exact) mass is 263 g/mol. The zero-order valence-electron chi connectivity index (χ0n) is 9.34. The zero-order chi connectivity index (χ0) is 13.0.